The number of carbonyl (C=O) groups excluding carboxylic acids is 3. The monoisotopic (exact) mass is 457 g/mol. The highest BCUT2D eigenvalue weighted by Gasteiger charge is 2.30. The highest BCUT2D eigenvalue weighted by atomic mass is 16.4. The van der Waals surface area contributed by atoms with Crippen LogP contribution in [0.1, 0.15) is 53.4 Å². The third-order valence-electron chi connectivity index (χ3n) is 4.86. The Kier molecular flexibility index (Phi) is 13.6. The number of hydrogen-bond donors (Lipinski definition) is 7. The Morgan fingerprint density at radius 2 is 1.66 bits per heavy atom. The molecule has 184 valence electrons. The van der Waals surface area contributed by atoms with Gasteiger partial charge >= 0.3 is 5.97 Å². The van der Waals surface area contributed by atoms with E-state index in [0.717, 1.165) is 0 Å². The minimum atomic E-state index is -1.14. The number of carboxylic acid groups (broad SMARTS) is 1. The number of hydrogen-bond acceptors (Lipinski definition) is 6. The maximum absolute atomic E-state index is 12.7. The number of nitrogens with two attached hydrogens (primary N) is 3. The fraction of sp³-hybridized carbons (Fsp3) is 0.750. The second kappa shape index (κ2) is 15.0. The topological polar surface area (TPSA) is 215 Å². The van der Waals surface area contributed by atoms with Gasteiger partial charge in [0, 0.05) is 6.54 Å². The fourth-order valence-corrected chi connectivity index (χ4v) is 2.83. The van der Waals surface area contributed by atoms with Crippen LogP contribution in [0.2, 0.25) is 0 Å². The molecule has 0 rings (SSSR count). The van der Waals surface area contributed by atoms with Crippen molar-refractivity contribution in [2.45, 2.75) is 71.5 Å². The highest BCUT2D eigenvalue weighted by molar-refractivity contribution is 5.92. The summed E-state index contributed by atoms with van der Waals surface area (Å²) in [7, 11) is 0. The molecule has 0 saturated carbocycles. The summed E-state index contributed by atoms with van der Waals surface area (Å²) in [4.78, 5) is 52.3. The normalized spacial score (nSPS) is 14.6. The van der Waals surface area contributed by atoms with Crippen molar-refractivity contribution in [3.05, 3.63) is 0 Å². The smallest absolute Gasteiger partial charge is 0.326 e. The molecule has 0 heterocycles. The Bertz CT molecular complexity index is 665. The molecular weight excluding hydrogens is 418 g/mol. The molecule has 10 N–H and O–H groups in total. The van der Waals surface area contributed by atoms with Crippen molar-refractivity contribution < 1.29 is 24.3 Å². The van der Waals surface area contributed by atoms with E-state index in [2.05, 4.69) is 20.9 Å². The molecular formula is C20H39N7O5. The molecule has 0 aromatic rings. The molecule has 0 aromatic heterocycles. The zero-order valence-electron chi connectivity index (χ0n) is 19.4. The van der Waals surface area contributed by atoms with Gasteiger partial charge in [0.15, 0.2) is 5.96 Å². The minimum absolute atomic E-state index is 0.0431. The van der Waals surface area contributed by atoms with E-state index in [9.17, 15) is 24.3 Å². The molecule has 0 aromatic carbocycles. The standard InChI is InChI=1S/C20H39N7O5/c1-5-12(4)16(18(30)26-14(19(31)32)9-11(2)3)27-15(28)10-25-17(29)13(21)7-6-8-24-20(22)23/h11-14,16H,5-10,21H2,1-4H3,(H,25,29)(H,26,30)(H,27,28)(H,31,32)(H4,22,23,24). The van der Waals surface area contributed by atoms with Crippen LogP contribution in [0.15, 0.2) is 4.99 Å². The van der Waals surface area contributed by atoms with E-state index in [-0.39, 0.29) is 30.8 Å². The number of carboxylic acids is 1. The van der Waals surface area contributed by atoms with Gasteiger partial charge in [-0.15, -0.1) is 0 Å². The van der Waals surface area contributed by atoms with Crippen molar-refractivity contribution in [3.8, 4) is 0 Å². The van der Waals surface area contributed by atoms with E-state index in [1.807, 2.05) is 20.8 Å². The first kappa shape index (κ1) is 29.1. The zero-order valence-corrected chi connectivity index (χ0v) is 19.4. The van der Waals surface area contributed by atoms with E-state index in [1.54, 1.807) is 6.92 Å². The number of aliphatic imine (C=N–C) groups is 1. The van der Waals surface area contributed by atoms with Crippen LogP contribution in [-0.2, 0) is 19.2 Å². The summed E-state index contributed by atoms with van der Waals surface area (Å²) in [5.41, 5.74) is 16.2. The Morgan fingerprint density at radius 3 is 2.16 bits per heavy atom. The lowest BCUT2D eigenvalue weighted by Crippen LogP contribution is -2.56. The van der Waals surface area contributed by atoms with Gasteiger partial charge in [-0.25, -0.2) is 4.79 Å². The molecule has 0 aliphatic carbocycles. The summed E-state index contributed by atoms with van der Waals surface area (Å²) in [6.45, 7) is 7.30. The van der Waals surface area contributed by atoms with Crippen LogP contribution in [-0.4, -0.2) is 66.0 Å². The van der Waals surface area contributed by atoms with Gasteiger partial charge in [-0.1, -0.05) is 34.1 Å². The van der Waals surface area contributed by atoms with Gasteiger partial charge in [0.25, 0.3) is 0 Å². The third-order valence-corrected chi connectivity index (χ3v) is 4.86. The number of guanidine groups is 1. The summed E-state index contributed by atoms with van der Waals surface area (Å²) in [6, 6.07) is -2.83. The van der Waals surface area contributed by atoms with Gasteiger partial charge in [-0.05, 0) is 31.1 Å². The number of nitrogens with one attached hydrogen (secondary N) is 3. The number of aliphatic carboxylic acids is 1. The lowest BCUT2D eigenvalue weighted by Gasteiger charge is -2.26. The number of rotatable bonds is 15. The summed E-state index contributed by atoms with van der Waals surface area (Å²) >= 11 is 0. The molecule has 12 heteroatoms. The largest absolute Gasteiger partial charge is 0.480 e. The fourth-order valence-electron chi connectivity index (χ4n) is 2.83. The number of nitrogens with zero attached hydrogens (tertiary/aromatic N) is 1. The second-order valence-electron chi connectivity index (χ2n) is 8.23. The van der Waals surface area contributed by atoms with E-state index in [1.165, 1.54) is 0 Å². The number of carbonyl (C=O) groups is 4. The molecule has 3 amide bonds. The van der Waals surface area contributed by atoms with Gasteiger partial charge in [0.1, 0.15) is 12.1 Å². The van der Waals surface area contributed by atoms with E-state index < -0.39 is 41.8 Å². The Morgan fingerprint density at radius 1 is 1.03 bits per heavy atom. The van der Waals surface area contributed by atoms with Gasteiger partial charge in [-0.2, -0.15) is 0 Å². The summed E-state index contributed by atoms with van der Waals surface area (Å²) in [6.07, 6.45) is 1.66. The molecule has 0 aliphatic heterocycles. The van der Waals surface area contributed by atoms with E-state index in [4.69, 9.17) is 17.2 Å². The first-order chi connectivity index (χ1) is 14.9. The van der Waals surface area contributed by atoms with Crippen molar-refractivity contribution in [1.82, 2.24) is 16.0 Å². The van der Waals surface area contributed by atoms with Crippen molar-refractivity contribution in [1.29, 1.82) is 0 Å². The summed E-state index contributed by atoms with van der Waals surface area (Å²) in [5, 5.41) is 16.9. The lowest BCUT2D eigenvalue weighted by molar-refractivity contribution is -0.143. The van der Waals surface area contributed by atoms with Gasteiger partial charge in [0.05, 0.1) is 12.6 Å². The van der Waals surface area contributed by atoms with Crippen LogP contribution in [0.4, 0.5) is 0 Å². The molecule has 0 fully saturated rings. The van der Waals surface area contributed by atoms with Crippen LogP contribution in [0.25, 0.3) is 0 Å². The van der Waals surface area contributed by atoms with Crippen LogP contribution in [0, 0.1) is 11.8 Å². The van der Waals surface area contributed by atoms with Crippen molar-refractivity contribution in [3.63, 3.8) is 0 Å². The lowest BCUT2D eigenvalue weighted by atomic mass is 9.97. The first-order valence-electron chi connectivity index (χ1n) is 10.8. The van der Waals surface area contributed by atoms with Gasteiger partial charge in [0.2, 0.25) is 17.7 Å². The van der Waals surface area contributed by atoms with Crippen LogP contribution < -0.4 is 33.2 Å². The molecule has 0 spiro atoms. The summed E-state index contributed by atoms with van der Waals surface area (Å²) in [5.74, 6) is -3.04. The van der Waals surface area contributed by atoms with Crippen LogP contribution >= 0.6 is 0 Å². The average Bonchev–Trinajstić information content (AvgIpc) is 2.71. The molecule has 0 saturated heterocycles. The van der Waals surface area contributed by atoms with E-state index >= 15 is 0 Å². The van der Waals surface area contributed by atoms with Crippen molar-refractivity contribution >= 4 is 29.7 Å². The van der Waals surface area contributed by atoms with Crippen LogP contribution in [0.3, 0.4) is 0 Å². The Balaban J connectivity index is 4.81. The molecule has 0 bridgehead atoms. The highest BCUT2D eigenvalue weighted by Crippen LogP contribution is 2.10. The summed E-state index contributed by atoms with van der Waals surface area (Å²) < 4.78 is 0. The third kappa shape index (κ3) is 12.1. The Labute approximate surface area is 189 Å². The number of amides is 3. The van der Waals surface area contributed by atoms with E-state index in [0.29, 0.717) is 25.8 Å². The van der Waals surface area contributed by atoms with Gasteiger partial charge < -0.3 is 38.3 Å². The maximum atomic E-state index is 12.7. The second-order valence-corrected chi connectivity index (χ2v) is 8.23. The van der Waals surface area contributed by atoms with Crippen molar-refractivity contribution in [2.24, 2.45) is 34.0 Å². The minimum Gasteiger partial charge on any atom is -0.480 e. The molecule has 32 heavy (non-hydrogen) atoms. The predicted molar refractivity (Wildman–Crippen MR) is 121 cm³/mol. The SMILES string of the molecule is CCC(C)C(NC(=O)CNC(=O)C(N)CCCN=C(N)N)C(=O)NC(CC(C)C)C(=O)O. The molecule has 12 nitrogen and oxygen atoms in total. The maximum Gasteiger partial charge on any atom is 0.326 e. The van der Waals surface area contributed by atoms with Gasteiger partial charge in [-0.3, -0.25) is 19.4 Å². The Hall–Kier alpha value is -2.89. The molecule has 4 unspecified atom stereocenters. The average molecular weight is 458 g/mol. The predicted octanol–water partition coefficient (Wildman–Crippen LogP) is -1.37. The molecule has 0 radical (unpaired) electrons. The quantitative estimate of drug-likeness (QED) is 0.0882. The molecule has 0 aliphatic rings. The van der Waals surface area contributed by atoms with Crippen LogP contribution in [0.5, 0.6) is 0 Å². The zero-order chi connectivity index (χ0) is 24.8. The molecule has 4 atom stereocenters. The first-order valence-corrected chi connectivity index (χ1v) is 10.8. The van der Waals surface area contributed by atoms with Crippen molar-refractivity contribution in [2.75, 3.05) is 13.1 Å².